The van der Waals surface area contributed by atoms with Gasteiger partial charge in [0.05, 0.1) is 6.54 Å². The predicted molar refractivity (Wildman–Crippen MR) is 66.6 cm³/mol. The standard InChI is InChI=1S/C12H24N2O3/c1-5-10(2)13-12(16)9-14(11(3)15)7-6-8-17-4/h10H,5-9H2,1-4H3,(H,13,16). The Labute approximate surface area is 103 Å². The lowest BCUT2D eigenvalue weighted by molar-refractivity contribution is -0.134. The van der Waals surface area contributed by atoms with Crippen molar-refractivity contribution in [2.45, 2.75) is 39.7 Å². The van der Waals surface area contributed by atoms with Crippen LogP contribution in [0.2, 0.25) is 0 Å². The van der Waals surface area contributed by atoms with E-state index in [1.54, 1.807) is 7.11 Å². The molecular formula is C12H24N2O3. The minimum Gasteiger partial charge on any atom is -0.385 e. The molecule has 1 N–H and O–H groups in total. The average Bonchev–Trinajstić information content (AvgIpc) is 2.27. The number of methoxy groups -OCH3 is 1. The van der Waals surface area contributed by atoms with Crippen LogP contribution in [0.4, 0.5) is 0 Å². The number of hydrogen-bond acceptors (Lipinski definition) is 3. The number of hydrogen-bond donors (Lipinski definition) is 1. The molecule has 1 unspecified atom stereocenters. The van der Waals surface area contributed by atoms with Crippen molar-refractivity contribution in [3.63, 3.8) is 0 Å². The minimum atomic E-state index is -0.105. The summed E-state index contributed by atoms with van der Waals surface area (Å²) in [4.78, 5) is 24.5. The molecule has 0 aromatic carbocycles. The van der Waals surface area contributed by atoms with Crippen LogP contribution in [0.3, 0.4) is 0 Å². The maximum absolute atomic E-state index is 11.6. The highest BCUT2D eigenvalue weighted by Crippen LogP contribution is 1.95. The highest BCUT2D eigenvalue weighted by atomic mass is 16.5. The molecule has 100 valence electrons. The predicted octanol–water partition coefficient (Wildman–Crippen LogP) is 0.786. The van der Waals surface area contributed by atoms with Crippen LogP contribution in [0, 0.1) is 0 Å². The average molecular weight is 244 g/mol. The van der Waals surface area contributed by atoms with E-state index < -0.39 is 0 Å². The van der Waals surface area contributed by atoms with Crippen LogP contribution < -0.4 is 5.32 Å². The molecular weight excluding hydrogens is 220 g/mol. The molecule has 0 rings (SSSR count). The van der Waals surface area contributed by atoms with Crippen LogP contribution >= 0.6 is 0 Å². The zero-order valence-corrected chi connectivity index (χ0v) is 11.3. The molecule has 17 heavy (non-hydrogen) atoms. The van der Waals surface area contributed by atoms with E-state index >= 15 is 0 Å². The van der Waals surface area contributed by atoms with Crippen molar-refractivity contribution in [3.8, 4) is 0 Å². The molecule has 0 aliphatic rings. The van der Waals surface area contributed by atoms with E-state index in [1.165, 1.54) is 11.8 Å². The first-order valence-corrected chi connectivity index (χ1v) is 6.05. The van der Waals surface area contributed by atoms with Crippen LogP contribution in [-0.2, 0) is 14.3 Å². The van der Waals surface area contributed by atoms with E-state index in [2.05, 4.69) is 5.32 Å². The number of nitrogens with zero attached hydrogens (tertiary/aromatic N) is 1. The fourth-order valence-corrected chi connectivity index (χ4v) is 1.34. The van der Waals surface area contributed by atoms with Gasteiger partial charge in [0.1, 0.15) is 0 Å². The molecule has 0 heterocycles. The van der Waals surface area contributed by atoms with Crippen molar-refractivity contribution in [2.75, 3.05) is 26.8 Å². The van der Waals surface area contributed by atoms with Gasteiger partial charge in [-0.2, -0.15) is 0 Å². The normalized spacial score (nSPS) is 12.0. The summed E-state index contributed by atoms with van der Waals surface area (Å²) >= 11 is 0. The first kappa shape index (κ1) is 15.9. The lowest BCUT2D eigenvalue weighted by Gasteiger charge is -2.21. The van der Waals surface area contributed by atoms with Gasteiger partial charge in [-0.25, -0.2) is 0 Å². The molecule has 0 saturated heterocycles. The molecule has 0 aliphatic carbocycles. The third kappa shape index (κ3) is 7.74. The first-order chi connectivity index (χ1) is 8.01. The zero-order chi connectivity index (χ0) is 13.3. The van der Waals surface area contributed by atoms with Crippen LogP contribution in [0.5, 0.6) is 0 Å². The lowest BCUT2D eigenvalue weighted by atomic mass is 10.2. The maximum Gasteiger partial charge on any atom is 0.239 e. The van der Waals surface area contributed by atoms with E-state index in [0.29, 0.717) is 13.2 Å². The molecule has 5 nitrogen and oxygen atoms in total. The molecule has 0 aromatic heterocycles. The van der Waals surface area contributed by atoms with Crippen molar-refractivity contribution in [3.05, 3.63) is 0 Å². The number of carbonyl (C=O) groups excluding carboxylic acids is 2. The summed E-state index contributed by atoms with van der Waals surface area (Å²) < 4.78 is 4.92. The second-order valence-corrected chi connectivity index (χ2v) is 4.16. The van der Waals surface area contributed by atoms with E-state index in [4.69, 9.17) is 4.74 Å². The Hall–Kier alpha value is -1.10. The molecule has 5 heteroatoms. The number of ether oxygens (including phenoxy) is 1. The molecule has 0 fully saturated rings. The smallest absolute Gasteiger partial charge is 0.239 e. The largest absolute Gasteiger partial charge is 0.385 e. The van der Waals surface area contributed by atoms with Gasteiger partial charge in [-0.1, -0.05) is 6.92 Å². The molecule has 0 spiro atoms. The van der Waals surface area contributed by atoms with Crippen molar-refractivity contribution < 1.29 is 14.3 Å². The number of nitrogens with one attached hydrogen (secondary N) is 1. The van der Waals surface area contributed by atoms with Crippen LogP contribution in [0.15, 0.2) is 0 Å². The number of amides is 2. The molecule has 0 aromatic rings. The Balaban J connectivity index is 4.06. The SMILES string of the molecule is CCC(C)NC(=O)CN(CCCOC)C(C)=O. The first-order valence-electron chi connectivity index (χ1n) is 6.05. The van der Waals surface area contributed by atoms with E-state index in [1.807, 2.05) is 13.8 Å². The van der Waals surface area contributed by atoms with Gasteiger partial charge in [0.2, 0.25) is 11.8 Å². The van der Waals surface area contributed by atoms with Crippen LogP contribution in [-0.4, -0.2) is 49.6 Å². The second-order valence-electron chi connectivity index (χ2n) is 4.16. The summed E-state index contributed by atoms with van der Waals surface area (Å²) in [5.41, 5.74) is 0. The van der Waals surface area contributed by atoms with Gasteiger partial charge in [0.25, 0.3) is 0 Å². The van der Waals surface area contributed by atoms with Crippen molar-refractivity contribution in [2.24, 2.45) is 0 Å². The number of rotatable bonds is 8. The Morgan fingerprint density at radius 1 is 1.41 bits per heavy atom. The van der Waals surface area contributed by atoms with Crippen molar-refractivity contribution >= 4 is 11.8 Å². The van der Waals surface area contributed by atoms with E-state index in [0.717, 1.165) is 12.8 Å². The summed E-state index contributed by atoms with van der Waals surface area (Å²) in [6.07, 6.45) is 1.63. The minimum absolute atomic E-state index is 0.0830. The van der Waals surface area contributed by atoms with Crippen LogP contribution in [0.25, 0.3) is 0 Å². The Morgan fingerprint density at radius 2 is 2.06 bits per heavy atom. The lowest BCUT2D eigenvalue weighted by Crippen LogP contribution is -2.43. The highest BCUT2D eigenvalue weighted by Gasteiger charge is 2.14. The summed E-state index contributed by atoms with van der Waals surface area (Å²) in [5.74, 6) is -0.188. The fourth-order valence-electron chi connectivity index (χ4n) is 1.34. The van der Waals surface area contributed by atoms with E-state index in [-0.39, 0.29) is 24.4 Å². The number of carbonyl (C=O) groups is 2. The van der Waals surface area contributed by atoms with Crippen LogP contribution in [0.1, 0.15) is 33.6 Å². The molecule has 2 amide bonds. The fraction of sp³-hybridized carbons (Fsp3) is 0.833. The van der Waals surface area contributed by atoms with Crippen molar-refractivity contribution in [1.29, 1.82) is 0 Å². The molecule has 0 radical (unpaired) electrons. The van der Waals surface area contributed by atoms with Gasteiger partial charge in [-0.15, -0.1) is 0 Å². The maximum atomic E-state index is 11.6. The summed E-state index contributed by atoms with van der Waals surface area (Å²) in [6.45, 7) is 6.70. The van der Waals surface area contributed by atoms with Crippen molar-refractivity contribution in [1.82, 2.24) is 10.2 Å². The van der Waals surface area contributed by atoms with Gasteiger partial charge < -0.3 is 15.0 Å². The summed E-state index contributed by atoms with van der Waals surface area (Å²) in [5, 5.41) is 2.84. The third-order valence-electron chi connectivity index (χ3n) is 2.58. The van der Waals surface area contributed by atoms with E-state index in [9.17, 15) is 9.59 Å². The quantitative estimate of drug-likeness (QED) is 0.642. The molecule has 0 bridgehead atoms. The second kappa shape index (κ2) is 8.98. The van der Waals surface area contributed by atoms with Gasteiger partial charge in [-0.3, -0.25) is 9.59 Å². The van der Waals surface area contributed by atoms with Gasteiger partial charge in [-0.05, 0) is 19.8 Å². The van der Waals surface area contributed by atoms with Gasteiger partial charge in [0.15, 0.2) is 0 Å². The van der Waals surface area contributed by atoms with Gasteiger partial charge in [0, 0.05) is 33.2 Å². The highest BCUT2D eigenvalue weighted by molar-refractivity contribution is 5.83. The molecule has 0 saturated carbocycles. The summed E-state index contributed by atoms with van der Waals surface area (Å²) in [6, 6.07) is 0.148. The van der Waals surface area contributed by atoms with Gasteiger partial charge >= 0.3 is 0 Å². The Bertz CT molecular complexity index is 244. The summed E-state index contributed by atoms with van der Waals surface area (Å²) in [7, 11) is 1.62. The topological polar surface area (TPSA) is 58.6 Å². The Morgan fingerprint density at radius 3 is 2.53 bits per heavy atom. The monoisotopic (exact) mass is 244 g/mol. The molecule has 1 atom stereocenters. The molecule has 0 aliphatic heterocycles. The third-order valence-corrected chi connectivity index (χ3v) is 2.58. The zero-order valence-electron chi connectivity index (χ0n) is 11.3. The Kier molecular flexibility index (Phi) is 8.40.